The number of halogens is 2. The van der Waals surface area contributed by atoms with Gasteiger partial charge in [0, 0.05) is 35.6 Å². The topological polar surface area (TPSA) is 78.3 Å². The third kappa shape index (κ3) is 3.56. The van der Waals surface area contributed by atoms with Crippen molar-refractivity contribution in [3.8, 4) is 11.1 Å². The molecule has 4 rings (SSSR count). The largest absolute Gasteiger partial charge is 0.480 e. The molecule has 0 bridgehead atoms. The lowest BCUT2D eigenvalue weighted by Crippen LogP contribution is -2.54. The van der Waals surface area contributed by atoms with Gasteiger partial charge < -0.3 is 15.3 Å². The fourth-order valence-corrected chi connectivity index (χ4v) is 3.67. The molecule has 8 heteroatoms. The Hall–Kier alpha value is -2.41. The number of nitrogens with zero attached hydrogens (tertiary/aromatic N) is 3. The van der Waals surface area contributed by atoms with Crippen LogP contribution in [0.2, 0.25) is 10.0 Å². The van der Waals surface area contributed by atoms with Crippen LogP contribution in [0.25, 0.3) is 22.0 Å². The van der Waals surface area contributed by atoms with Crippen molar-refractivity contribution in [3.63, 3.8) is 0 Å². The number of hydrogen-bond acceptors (Lipinski definition) is 5. The Kier molecular flexibility index (Phi) is 4.86. The second-order valence-corrected chi connectivity index (χ2v) is 7.19. The maximum absolute atomic E-state index is 11.4. The van der Waals surface area contributed by atoms with Gasteiger partial charge in [-0.05, 0) is 29.8 Å². The molecule has 27 heavy (non-hydrogen) atoms. The zero-order chi connectivity index (χ0) is 19.0. The minimum Gasteiger partial charge on any atom is -0.480 e. The van der Waals surface area contributed by atoms with Crippen LogP contribution in [0, 0.1) is 0 Å². The Balaban J connectivity index is 1.81. The zero-order valence-corrected chi connectivity index (χ0v) is 15.7. The van der Waals surface area contributed by atoms with E-state index < -0.39 is 12.0 Å². The molecule has 1 fully saturated rings. The summed E-state index contributed by atoms with van der Waals surface area (Å²) in [5.41, 5.74) is 2.50. The van der Waals surface area contributed by atoms with Crippen LogP contribution in [0.1, 0.15) is 0 Å². The number of nitrogens with one attached hydrogen (secondary N) is 1. The highest BCUT2D eigenvalue weighted by Gasteiger charge is 2.26. The highest BCUT2D eigenvalue weighted by atomic mass is 35.5. The van der Waals surface area contributed by atoms with Crippen LogP contribution in [-0.4, -0.2) is 46.7 Å². The number of aromatic nitrogens is 2. The third-order valence-corrected chi connectivity index (χ3v) is 5.20. The molecule has 1 atom stereocenters. The second-order valence-electron chi connectivity index (χ2n) is 6.34. The molecule has 1 aliphatic rings. The first-order valence-electron chi connectivity index (χ1n) is 8.44. The van der Waals surface area contributed by atoms with Gasteiger partial charge in [0.15, 0.2) is 0 Å². The van der Waals surface area contributed by atoms with Crippen molar-refractivity contribution in [1.82, 2.24) is 15.3 Å². The van der Waals surface area contributed by atoms with Crippen LogP contribution < -0.4 is 10.2 Å². The molecule has 0 saturated carbocycles. The van der Waals surface area contributed by atoms with Gasteiger partial charge >= 0.3 is 5.97 Å². The Labute approximate surface area is 165 Å². The number of hydrogen-bond donors (Lipinski definition) is 2. The molecule has 1 aromatic heterocycles. The van der Waals surface area contributed by atoms with E-state index in [1.165, 1.54) is 6.33 Å². The van der Waals surface area contributed by atoms with Crippen molar-refractivity contribution in [1.29, 1.82) is 0 Å². The number of carboxylic acids is 1. The van der Waals surface area contributed by atoms with E-state index in [2.05, 4.69) is 15.3 Å². The molecule has 2 heterocycles. The first kappa shape index (κ1) is 18.0. The van der Waals surface area contributed by atoms with E-state index in [1.54, 1.807) is 0 Å². The van der Waals surface area contributed by atoms with Gasteiger partial charge in [-0.25, -0.2) is 9.97 Å². The average Bonchev–Trinajstić information content (AvgIpc) is 2.68. The van der Waals surface area contributed by atoms with Crippen molar-refractivity contribution in [2.24, 2.45) is 0 Å². The van der Waals surface area contributed by atoms with Gasteiger partial charge in [-0.15, -0.1) is 0 Å². The first-order valence-corrected chi connectivity index (χ1v) is 9.20. The Morgan fingerprint density at radius 2 is 1.96 bits per heavy atom. The van der Waals surface area contributed by atoms with E-state index in [0.29, 0.717) is 41.0 Å². The van der Waals surface area contributed by atoms with Gasteiger partial charge in [0.2, 0.25) is 0 Å². The number of rotatable bonds is 3. The average molecular weight is 403 g/mol. The summed E-state index contributed by atoms with van der Waals surface area (Å²) < 4.78 is 0. The highest BCUT2D eigenvalue weighted by molar-refractivity contribution is 6.34. The number of carbonyl (C=O) groups is 1. The summed E-state index contributed by atoms with van der Waals surface area (Å²) >= 11 is 12.5. The summed E-state index contributed by atoms with van der Waals surface area (Å²) in [6, 6.07) is 10.6. The maximum atomic E-state index is 11.4. The van der Waals surface area contributed by atoms with Gasteiger partial charge in [0.05, 0.1) is 10.5 Å². The normalized spacial score (nSPS) is 17.3. The van der Waals surface area contributed by atoms with Crippen molar-refractivity contribution >= 4 is 45.9 Å². The lowest BCUT2D eigenvalue weighted by molar-refractivity contribution is -0.139. The van der Waals surface area contributed by atoms with E-state index >= 15 is 0 Å². The molecule has 6 nitrogen and oxygen atoms in total. The minimum absolute atomic E-state index is 0.334. The smallest absolute Gasteiger partial charge is 0.322 e. The predicted molar refractivity (Wildman–Crippen MR) is 107 cm³/mol. The highest BCUT2D eigenvalue weighted by Crippen LogP contribution is 2.35. The summed E-state index contributed by atoms with van der Waals surface area (Å²) in [7, 11) is 0. The monoisotopic (exact) mass is 402 g/mol. The van der Waals surface area contributed by atoms with E-state index in [0.717, 1.165) is 16.5 Å². The molecule has 2 aromatic carbocycles. The second kappa shape index (κ2) is 7.31. The lowest BCUT2D eigenvalue weighted by Gasteiger charge is -2.33. The Morgan fingerprint density at radius 3 is 2.70 bits per heavy atom. The molecule has 0 aliphatic carbocycles. The van der Waals surface area contributed by atoms with E-state index in [4.69, 9.17) is 23.2 Å². The molecule has 3 aromatic rings. The summed E-state index contributed by atoms with van der Waals surface area (Å²) in [4.78, 5) is 22.1. The van der Waals surface area contributed by atoms with Crippen LogP contribution >= 0.6 is 23.2 Å². The molecule has 138 valence electrons. The SMILES string of the molecule is O=C(O)[C@@H]1CN(c2ncnc3cc(Cl)c(-c4ccc(Cl)cc4)cc23)CCN1. The summed E-state index contributed by atoms with van der Waals surface area (Å²) in [6.45, 7) is 1.56. The quantitative estimate of drug-likeness (QED) is 0.698. The van der Waals surface area contributed by atoms with E-state index in [9.17, 15) is 9.90 Å². The maximum Gasteiger partial charge on any atom is 0.322 e. The van der Waals surface area contributed by atoms with Crippen LogP contribution in [0.4, 0.5) is 5.82 Å². The van der Waals surface area contributed by atoms with Crippen molar-refractivity contribution in [2.45, 2.75) is 6.04 Å². The number of benzene rings is 2. The summed E-state index contributed by atoms with van der Waals surface area (Å²) in [6.07, 6.45) is 1.48. The van der Waals surface area contributed by atoms with E-state index in [1.807, 2.05) is 41.3 Å². The van der Waals surface area contributed by atoms with Crippen molar-refractivity contribution in [3.05, 3.63) is 52.8 Å². The molecule has 0 amide bonds. The predicted octanol–water partition coefficient (Wildman–Crippen LogP) is 3.47. The van der Waals surface area contributed by atoms with Gasteiger partial charge in [-0.1, -0.05) is 35.3 Å². The van der Waals surface area contributed by atoms with Crippen molar-refractivity contribution < 1.29 is 9.90 Å². The molecular formula is C19H16Cl2N4O2. The number of piperazine rings is 1. The van der Waals surface area contributed by atoms with Gasteiger partial charge in [-0.3, -0.25) is 4.79 Å². The number of fused-ring (bicyclic) bond motifs is 1. The molecule has 1 aliphatic heterocycles. The summed E-state index contributed by atoms with van der Waals surface area (Å²) in [5, 5.41) is 14.4. The van der Waals surface area contributed by atoms with Gasteiger partial charge in [0.25, 0.3) is 0 Å². The standard InChI is InChI=1S/C19H16Cl2N4O2/c20-12-3-1-11(2-4-12)13-7-14-16(8-15(13)21)23-10-24-18(14)25-6-5-22-17(9-25)19(26)27/h1-4,7-8,10,17,22H,5-6,9H2,(H,26,27)/t17-/m0/s1. The minimum atomic E-state index is -0.872. The lowest BCUT2D eigenvalue weighted by atomic mass is 10.0. The Bertz CT molecular complexity index is 1010. The molecule has 1 saturated heterocycles. The Morgan fingerprint density at radius 1 is 1.19 bits per heavy atom. The molecule has 0 spiro atoms. The first-order chi connectivity index (χ1) is 13.0. The van der Waals surface area contributed by atoms with E-state index in [-0.39, 0.29) is 0 Å². The zero-order valence-electron chi connectivity index (χ0n) is 14.2. The van der Waals surface area contributed by atoms with Gasteiger partial charge in [-0.2, -0.15) is 0 Å². The molecule has 0 radical (unpaired) electrons. The van der Waals surface area contributed by atoms with Crippen LogP contribution in [-0.2, 0) is 4.79 Å². The van der Waals surface area contributed by atoms with Crippen LogP contribution in [0.15, 0.2) is 42.7 Å². The molecule has 2 N–H and O–H groups in total. The number of aliphatic carboxylic acids is 1. The van der Waals surface area contributed by atoms with Crippen molar-refractivity contribution in [2.75, 3.05) is 24.5 Å². The fourth-order valence-electron chi connectivity index (χ4n) is 3.27. The number of anilines is 1. The summed E-state index contributed by atoms with van der Waals surface area (Å²) in [5.74, 6) is -0.164. The fraction of sp³-hybridized carbons (Fsp3) is 0.211. The van der Waals surface area contributed by atoms with Crippen LogP contribution in [0.3, 0.4) is 0 Å². The third-order valence-electron chi connectivity index (χ3n) is 4.63. The molecular weight excluding hydrogens is 387 g/mol. The van der Waals surface area contributed by atoms with Gasteiger partial charge in [0.1, 0.15) is 18.2 Å². The van der Waals surface area contributed by atoms with Crippen LogP contribution in [0.5, 0.6) is 0 Å². The number of carboxylic acid groups (broad SMARTS) is 1. The molecule has 0 unspecified atom stereocenters.